The first-order valence-electron chi connectivity index (χ1n) is 9.54. The Bertz CT molecular complexity index is 1010. The second kappa shape index (κ2) is 7.75. The molecule has 0 aliphatic carbocycles. The molecular weight excluding hydrogens is 527 g/mol. The lowest BCUT2D eigenvalue weighted by atomic mass is 9.88. The number of piperidine rings is 1. The van der Waals surface area contributed by atoms with Crippen molar-refractivity contribution < 1.29 is 18.0 Å². The van der Waals surface area contributed by atoms with Crippen LogP contribution in [0.5, 0.6) is 0 Å². The minimum Gasteiger partial charge on any atom is -0.363 e. The van der Waals surface area contributed by atoms with E-state index < -0.39 is 18.1 Å². The summed E-state index contributed by atoms with van der Waals surface area (Å²) in [4.78, 5) is 15.9. The number of nitrogens with zero attached hydrogens (tertiary/aromatic N) is 2. The van der Waals surface area contributed by atoms with Crippen LogP contribution in [-0.2, 0) is 4.79 Å². The number of carbonyl (C=O) groups is 1. The first-order chi connectivity index (χ1) is 14.1. The van der Waals surface area contributed by atoms with Gasteiger partial charge in [0.05, 0.1) is 17.4 Å². The van der Waals surface area contributed by atoms with Gasteiger partial charge in [0.15, 0.2) is 0 Å². The fourth-order valence-corrected chi connectivity index (χ4v) is 5.16. The van der Waals surface area contributed by atoms with Crippen molar-refractivity contribution in [3.8, 4) is 0 Å². The molecule has 1 N–H and O–H groups in total. The van der Waals surface area contributed by atoms with Crippen LogP contribution in [0.3, 0.4) is 0 Å². The van der Waals surface area contributed by atoms with Gasteiger partial charge in [0, 0.05) is 39.8 Å². The van der Waals surface area contributed by atoms with Gasteiger partial charge in [-0.1, -0.05) is 31.9 Å². The molecular formula is C21H20Br2F3N3O. The van der Waals surface area contributed by atoms with E-state index in [9.17, 15) is 18.0 Å². The summed E-state index contributed by atoms with van der Waals surface area (Å²) in [6.45, 7) is 2.56. The monoisotopic (exact) mass is 545 g/mol. The molecule has 0 saturated carbocycles. The molecule has 0 spiro atoms. The van der Waals surface area contributed by atoms with Crippen molar-refractivity contribution in [2.75, 3.05) is 23.4 Å². The summed E-state index contributed by atoms with van der Waals surface area (Å²) in [6.07, 6.45) is -4.04. The Kier molecular flexibility index (Phi) is 5.55. The first kappa shape index (κ1) is 21.5. The zero-order valence-corrected chi connectivity index (χ0v) is 19.5. The Morgan fingerprint density at radius 1 is 1.13 bits per heavy atom. The van der Waals surface area contributed by atoms with Crippen molar-refractivity contribution in [2.24, 2.45) is 0 Å². The number of rotatable bonds is 1. The molecule has 2 aromatic rings. The van der Waals surface area contributed by atoms with E-state index in [2.05, 4.69) is 53.0 Å². The van der Waals surface area contributed by atoms with Gasteiger partial charge in [-0.15, -0.1) is 0 Å². The third kappa shape index (κ3) is 3.70. The van der Waals surface area contributed by atoms with E-state index >= 15 is 0 Å². The normalized spacial score (nSPS) is 20.8. The van der Waals surface area contributed by atoms with Crippen molar-refractivity contribution >= 4 is 54.8 Å². The summed E-state index contributed by atoms with van der Waals surface area (Å²) in [7, 11) is 2.00. The maximum atomic E-state index is 12.8. The maximum Gasteiger partial charge on any atom is 0.471 e. The zero-order chi connectivity index (χ0) is 21.8. The molecule has 2 aliphatic rings. The molecule has 4 nitrogen and oxygen atoms in total. The summed E-state index contributed by atoms with van der Waals surface area (Å²) in [5.74, 6) is -1.87. The Hall–Kier alpha value is -1.74. The van der Waals surface area contributed by atoms with Gasteiger partial charge in [-0.3, -0.25) is 4.79 Å². The second-order valence-corrected chi connectivity index (χ2v) is 9.47. The Balaban J connectivity index is 1.81. The van der Waals surface area contributed by atoms with E-state index in [0.717, 1.165) is 37.1 Å². The molecule has 2 aliphatic heterocycles. The lowest BCUT2D eigenvalue weighted by Crippen LogP contribution is -2.49. The molecule has 30 heavy (non-hydrogen) atoms. The third-order valence-corrected chi connectivity index (χ3v) is 7.28. The van der Waals surface area contributed by atoms with Gasteiger partial charge in [0.1, 0.15) is 0 Å². The lowest BCUT2D eigenvalue weighted by Gasteiger charge is -2.41. The van der Waals surface area contributed by atoms with Crippen LogP contribution < -0.4 is 15.1 Å². The summed E-state index contributed by atoms with van der Waals surface area (Å²) in [6, 6.07) is 9.37. The fourth-order valence-electron chi connectivity index (χ4n) is 4.46. The average molecular weight is 547 g/mol. The van der Waals surface area contributed by atoms with Crippen LogP contribution in [0.2, 0.25) is 0 Å². The van der Waals surface area contributed by atoms with E-state index in [1.807, 2.05) is 38.2 Å². The highest BCUT2D eigenvalue weighted by Crippen LogP contribution is 2.50. The van der Waals surface area contributed by atoms with Gasteiger partial charge in [-0.25, -0.2) is 0 Å². The predicted octanol–water partition coefficient (Wildman–Crippen LogP) is 5.99. The van der Waals surface area contributed by atoms with Gasteiger partial charge >= 0.3 is 12.1 Å². The van der Waals surface area contributed by atoms with Crippen molar-refractivity contribution in [1.82, 2.24) is 5.32 Å². The van der Waals surface area contributed by atoms with E-state index in [1.165, 1.54) is 0 Å². The minimum absolute atomic E-state index is 0.158. The van der Waals surface area contributed by atoms with Crippen LogP contribution >= 0.6 is 31.9 Å². The van der Waals surface area contributed by atoms with E-state index in [4.69, 9.17) is 0 Å². The second-order valence-electron chi connectivity index (χ2n) is 7.70. The molecule has 2 atom stereocenters. The quantitative estimate of drug-likeness (QED) is 0.477. The van der Waals surface area contributed by atoms with Gasteiger partial charge in [-0.05, 0) is 55.7 Å². The first-order valence-corrected chi connectivity index (χ1v) is 11.1. The van der Waals surface area contributed by atoms with E-state index in [0.29, 0.717) is 19.4 Å². The molecule has 0 radical (unpaired) electrons. The average Bonchev–Trinajstić information content (AvgIpc) is 2.78. The SMILES string of the molecule is Cc1c(Br)ccc2c1[C@H]1C[C@@H](NC(=O)C(F)(F)F)CCN1c1ccc(Br)cc1N2C. The smallest absolute Gasteiger partial charge is 0.363 e. The predicted molar refractivity (Wildman–Crippen MR) is 118 cm³/mol. The molecule has 1 fully saturated rings. The number of anilines is 3. The van der Waals surface area contributed by atoms with Crippen LogP contribution in [0, 0.1) is 6.92 Å². The van der Waals surface area contributed by atoms with Crippen molar-refractivity contribution in [3.63, 3.8) is 0 Å². The number of halogens is 5. The van der Waals surface area contributed by atoms with Gasteiger partial charge in [-0.2, -0.15) is 13.2 Å². The van der Waals surface area contributed by atoms with E-state index in [1.54, 1.807) is 0 Å². The summed E-state index contributed by atoms with van der Waals surface area (Å²) in [5.41, 5.74) is 5.16. The molecule has 2 heterocycles. The third-order valence-electron chi connectivity index (χ3n) is 5.92. The van der Waals surface area contributed by atoms with Gasteiger partial charge in [0.2, 0.25) is 0 Å². The van der Waals surface area contributed by atoms with Crippen molar-refractivity contribution in [1.29, 1.82) is 0 Å². The van der Waals surface area contributed by atoms with E-state index in [-0.39, 0.29) is 6.04 Å². The summed E-state index contributed by atoms with van der Waals surface area (Å²) < 4.78 is 40.3. The minimum atomic E-state index is -4.88. The number of hydrogen-bond acceptors (Lipinski definition) is 3. The molecule has 9 heteroatoms. The van der Waals surface area contributed by atoms with Crippen molar-refractivity contribution in [2.45, 2.75) is 38.0 Å². The van der Waals surface area contributed by atoms with Gasteiger partial charge in [0.25, 0.3) is 0 Å². The number of fused-ring (bicyclic) bond motifs is 5. The molecule has 2 aromatic carbocycles. The number of benzene rings is 2. The molecule has 160 valence electrons. The molecule has 0 aromatic heterocycles. The Morgan fingerprint density at radius 2 is 1.83 bits per heavy atom. The largest absolute Gasteiger partial charge is 0.471 e. The van der Waals surface area contributed by atoms with Crippen molar-refractivity contribution in [3.05, 3.63) is 50.4 Å². The lowest BCUT2D eigenvalue weighted by molar-refractivity contribution is -0.174. The summed E-state index contributed by atoms with van der Waals surface area (Å²) >= 11 is 7.15. The summed E-state index contributed by atoms with van der Waals surface area (Å²) in [5, 5.41) is 2.20. The number of nitrogens with one attached hydrogen (secondary N) is 1. The number of amides is 1. The van der Waals surface area contributed by atoms with Crippen LogP contribution in [-0.4, -0.2) is 31.7 Å². The number of carbonyl (C=O) groups excluding carboxylic acids is 1. The molecule has 4 rings (SSSR count). The molecule has 1 amide bonds. The molecule has 0 bridgehead atoms. The van der Waals surface area contributed by atoms with Crippen LogP contribution in [0.15, 0.2) is 39.3 Å². The molecule has 0 unspecified atom stereocenters. The highest BCUT2D eigenvalue weighted by molar-refractivity contribution is 9.10. The number of alkyl halides is 3. The van der Waals surface area contributed by atoms with Gasteiger partial charge < -0.3 is 15.1 Å². The Labute approximate surface area is 189 Å². The molecule has 1 saturated heterocycles. The van der Waals surface area contributed by atoms with Crippen LogP contribution in [0.25, 0.3) is 0 Å². The fraction of sp³-hybridized carbons (Fsp3) is 0.381. The Morgan fingerprint density at radius 3 is 2.53 bits per heavy atom. The zero-order valence-electron chi connectivity index (χ0n) is 16.4. The maximum absolute atomic E-state index is 12.8. The van der Waals surface area contributed by atoms with Crippen LogP contribution in [0.1, 0.15) is 30.0 Å². The highest BCUT2D eigenvalue weighted by Gasteiger charge is 2.42. The standard InChI is InChI=1S/C21H20Br2F3N3O/c1-11-14(23)4-6-16-19(11)18-10-13(27-20(30)21(24,25)26)7-8-29(18)15-5-3-12(22)9-17(15)28(16)2/h3-6,9,13,18H,7-8,10H2,1-2H3,(H,27,30)/t13-,18+/m0/s1. The number of hydrogen-bond donors (Lipinski definition) is 1. The topological polar surface area (TPSA) is 35.6 Å². The van der Waals surface area contributed by atoms with Crippen LogP contribution in [0.4, 0.5) is 30.2 Å². The highest BCUT2D eigenvalue weighted by atomic mass is 79.9.